The number of nitrogens with zero attached hydrogens (tertiary/aromatic N) is 6. The molecule has 2 aliphatic rings. The van der Waals surface area contributed by atoms with E-state index in [2.05, 4.69) is 35.8 Å². The lowest BCUT2D eigenvalue weighted by Crippen LogP contribution is -2.57. The van der Waals surface area contributed by atoms with Crippen molar-refractivity contribution in [1.29, 1.82) is 0 Å². The van der Waals surface area contributed by atoms with E-state index in [-0.39, 0.29) is 48.9 Å². The summed E-state index contributed by atoms with van der Waals surface area (Å²) in [7, 11) is 0. The molecule has 5 aromatic rings. The van der Waals surface area contributed by atoms with Crippen molar-refractivity contribution >= 4 is 46.4 Å². The molecule has 0 aliphatic carbocycles. The molecule has 7 rings (SSSR count). The van der Waals surface area contributed by atoms with Gasteiger partial charge in [0, 0.05) is 51.0 Å². The summed E-state index contributed by atoms with van der Waals surface area (Å²) in [6.45, 7) is 11.4. The van der Waals surface area contributed by atoms with E-state index in [4.69, 9.17) is 0 Å². The van der Waals surface area contributed by atoms with Gasteiger partial charge in [-0.15, -0.1) is 29.6 Å². The summed E-state index contributed by atoms with van der Waals surface area (Å²) in [5, 5.41) is 24.6. The molecule has 3 aromatic heterocycles. The molecule has 69 heavy (non-hydrogen) atoms. The molecule has 4 amide bonds. The molecule has 0 spiro atoms. The van der Waals surface area contributed by atoms with E-state index in [1.165, 1.54) is 23.1 Å². The lowest BCUT2D eigenvalue weighted by Gasteiger charge is -2.35. The second-order valence-corrected chi connectivity index (χ2v) is 20.1. The molecule has 4 N–H and O–H groups in total. The van der Waals surface area contributed by atoms with Crippen LogP contribution in [0.25, 0.3) is 27.3 Å². The normalized spacial score (nSPS) is 17.7. The number of carbonyl (C=O) groups excluding carboxylic acids is 4. The van der Waals surface area contributed by atoms with Gasteiger partial charge in [-0.05, 0) is 86.3 Å². The molecule has 370 valence electrons. The molecule has 0 bridgehead atoms. The summed E-state index contributed by atoms with van der Waals surface area (Å²) >= 11 is 1.57. The van der Waals surface area contributed by atoms with Crippen LogP contribution in [0.2, 0.25) is 0 Å². The molecule has 2 fully saturated rings. The fraction of sp³-hybridized carbons (Fsp3) is 0.500. The van der Waals surface area contributed by atoms with Crippen LogP contribution >= 0.6 is 11.3 Å². The average molecular weight is 974 g/mol. The number of amides is 4. The maximum Gasteiger partial charge on any atom is 0.573 e. The number of aliphatic hydroxyl groups excluding tert-OH is 1. The fourth-order valence-corrected chi connectivity index (χ4v) is 9.79. The first-order chi connectivity index (χ1) is 32.8. The number of hydrogen-bond donors (Lipinski definition) is 4. The van der Waals surface area contributed by atoms with Crippen molar-refractivity contribution in [3.8, 4) is 27.4 Å². The van der Waals surface area contributed by atoms with E-state index in [1.807, 2.05) is 69.3 Å². The number of nitrogens with one attached hydrogen (secondary N) is 3. The minimum absolute atomic E-state index is 0.00797. The summed E-state index contributed by atoms with van der Waals surface area (Å²) in [6.07, 6.45) is 1.07. The van der Waals surface area contributed by atoms with E-state index in [0.717, 1.165) is 47.4 Å². The predicted octanol–water partition coefficient (Wildman–Crippen LogP) is 8.09. The molecular weight excluding hydrogens is 912 g/mol. The molecule has 0 saturated carbocycles. The highest BCUT2D eigenvalue weighted by Gasteiger charge is 2.44. The van der Waals surface area contributed by atoms with Crippen LogP contribution in [0.3, 0.4) is 0 Å². The Hall–Kier alpha value is -6.08. The maximum absolute atomic E-state index is 14.1. The Labute approximate surface area is 404 Å². The van der Waals surface area contributed by atoms with Crippen molar-refractivity contribution in [1.82, 2.24) is 40.0 Å². The molecule has 2 aromatic carbocycles. The lowest BCUT2D eigenvalue weighted by molar-refractivity contribution is -0.274. The molecule has 0 radical (unpaired) electrons. The van der Waals surface area contributed by atoms with Crippen LogP contribution in [-0.4, -0.2) is 109 Å². The summed E-state index contributed by atoms with van der Waals surface area (Å²) in [4.78, 5) is 67.2. The van der Waals surface area contributed by atoms with Gasteiger partial charge >= 0.3 is 6.36 Å². The van der Waals surface area contributed by atoms with Crippen molar-refractivity contribution in [3.63, 3.8) is 0 Å². The average Bonchev–Trinajstić information content (AvgIpc) is 4.05. The van der Waals surface area contributed by atoms with Gasteiger partial charge in [-0.1, -0.05) is 70.0 Å². The Balaban J connectivity index is 0.801. The largest absolute Gasteiger partial charge is 0.573 e. The number of piperidine rings is 1. The van der Waals surface area contributed by atoms with Gasteiger partial charge in [-0.2, -0.15) is 0 Å². The van der Waals surface area contributed by atoms with Crippen molar-refractivity contribution < 1.29 is 42.2 Å². The molecule has 0 unspecified atom stereocenters. The number of benzene rings is 2. The number of alkyl halides is 3. The van der Waals surface area contributed by atoms with E-state index >= 15 is 0 Å². The van der Waals surface area contributed by atoms with E-state index in [1.54, 1.807) is 40.2 Å². The van der Waals surface area contributed by atoms with Crippen molar-refractivity contribution in [2.24, 2.45) is 11.3 Å². The Morgan fingerprint density at radius 1 is 0.913 bits per heavy atom. The number of imidazole rings is 1. The number of halogens is 3. The smallest absolute Gasteiger partial charge is 0.406 e. The zero-order valence-electron chi connectivity index (χ0n) is 39.7. The van der Waals surface area contributed by atoms with Gasteiger partial charge in [0.2, 0.25) is 23.6 Å². The lowest BCUT2D eigenvalue weighted by atomic mass is 9.85. The summed E-state index contributed by atoms with van der Waals surface area (Å²) in [5.41, 5.74) is 5.57. The summed E-state index contributed by atoms with van der Waals surface area (Å²) in [6, 6.07) is 15.0. The van der Waals surface area contributed by atoms with Crippen LogP contribution in [-0.2, 0) is 19.2 Å². The Bertz CT molecular complexity index is 2570. The Kier molecular flexibility index (Phi) is 16.3. The zero-order chi connectivity index (χ0) is 49.5. The minimum atomic E-state index is -4.80. The van der Waals surface area contributed by atoms with Crippen LogP contribution in [0, 0.1) is 18.3 Å². The van der Waals surface area contributed by atoms with Crippen molar-refractivity contribution in [2.45, 2.75) is 123 Å². The Morgan fingerprint density at radius 2 is 1.64 bits per heavy atom. The quantitative estimate of drug-likeness (QED) is 0.0627. The topological polar surface area (TPSA) is 183 Å². The van der Waals surface area contributed by atoms with E-state index in [0.29, 0.717) is 67.5 Å². The maximum atomic E-state index is 14.1. The summed E-state index contributed by atoms with van der Waals surface area (Å²) < 4.78 is 44.1. The van der Waals surface area contributed by atoms with Gasteiger partial charge in [0.05, 0.1) is 40.1 Å². The van der Waals surface area contributed by atoms with E-state index in [9.17, 15) is 37.5 Å². The molecule has 2 aliphatic heterocycles. The molecule has 2 saturated heterocycles. The third-order valence-corrected chi connectivity index (χ3v) is 13.8. The van der Waals surface area contributed by atoms with Gasteiger partial charge in [0.15, 0.2) is 5.65 Å². The van der Waals surface area contributed by atoms with Gasteiger partial charge in [0.25, 0.3) is 0 Å². The first-order valence-corrected chi connectivity index (χ1v) is 24.5. The second kappa shape index (κ2) is 22.1. The number of rotatable bonds is 18. The third-order valence-electron chi connectivity index (χ3n) is 12.9. The zero-order valence-corrected chi connectivity index (χ0v) is 40.5. The van der Waals surface area contributed by atoms with Gasteiger partial charge in [-0.3, -0.25) is 19.2 Å². The standard InChI is InChI=1S/C50H62F3N9O6S/c1-31(34-15-17-35(18-16-34)45-32(2)56-30-69-45)57-47(66)39-26-37(63)29-61(39)48(67)46(49(3,4)5)58-43(64)13-8-6-7-9-14-44(65)60-23-21-33(22-24-60)27-54-41-19-20-42-55-28-40(62(42)59-41)36-11-10-12-38(25-36)68-50(51,52)53/h10-12,15-20,25,28,30-31,33,37,39,46,63H,6-9,13-14,21-24,26-27,29H2,1-5H3,(H,54,59)(H,57,66)(H,58,64)/t31-,37+,39-,46+/m0/s1. The van der Waals surface area contributed by atoms with Gasteiger partial charge < -0.3 is 35.6 Å². The molecule has 5 heterocycles. The number of likely N-dealkylation sites (tertiary alicyclic amines) is 2. The summed E-state index contributed by atoms with van der Waals surface area (Å²) in [5.74, 6) is -0.355. The van der Waals surface area contributed by atoms with Gasteiger partial charge in [0.1, 0.15) is 23.7 Å². The number of aromatic nitrogens is 4. The molecule has 4 atom stereocenters. The monoisotopic (exact) mass is 973 g/mol. The van der Waals surface area contributed by atoms with Gasteiger partial charge in [-0.25, -0.2) is 14.5 Å². The first-order valence-electron chi connectivity index (χ1n) is 23.6. The van der Waals surface area contributed by atoms with Crippen LogP contribution in [0.4, 0.5) is 19.0 Å². The first kappa shape index (κ1) is 50.8. The number of aryl methyl sites for hydroxylation is 1. The number of thiazole rings is 1. The number of β-amino-alcohol motifs (C(OH)–C–C–N with tert-alkyl or cyclic N) is 1. The van der Waals surface area contributed by atoms with Crippen molar-refractivity contribution in [2.75, 3.05) is 31.5 Å². The number of unbranched alkanes of at least 4 members (excludes halogenated alkanes) is 3. The van der Waals surface area contributed by atoms with E-state index < -0.39 is 35.9 Å². The fourth-order valence-electron chi connectivity index (χ4n) is 8.97. The number of carbonyl (C=O) groups is 4. The van der Waals surface area contributed by atoms with Crippen LogP contribution < -0.4 is 20.7 Å². The predicted molar refractivity (Wildman–Crippen MR) is 257 cm³/mol. The van der Waals surface area contributed by atoms with Crippen molar-refractivity contribution in [3.05, 3.63) is 83.6 Å². The van der Waals surface area contributed by atoms with Crippen LogP contribution in [0.5, 0.6) is 5.75 Å². The number of anilines is 1. The minimum Gasteiger partial charge on any atom is -0.406 e. The number of aliphatic hydroxyl groups is 1. The number of ether oxygens (including phenoxy) is 1. The molecule has 19 heteroatoms. The van der Waals surface area contributed by atoms with Crippen LogP contribution in [0.15, 0.2) is 72.4 Å². The SMILES string of the molecule is Cc1ncsc1-c1ccc([C@H](C)NC(=O)[C@@H]2C[C@@H](O)CN2C(=O)[C@@H](NC(=O)CCCCCCC(=O)N2CCC(CNc3ccc4ncc(-c5cccc(OC(F)(F)F)c5)n4n3)CC2)C(C)(C)C)cc1. The molecule has 15 nitrogen and oxygen atoms in total. The Morgan fingerprint density at radius 3 is 2.32 bits per heavy atom. The number of fused-ring (bicyclic) bond motifs is 1. The second-order valence-electron chi connectivity index (χ2n) is 19.2. The molecular formula is C50H62F3N9O6S. The number of hydrogen-bond acceptors (Lipinski definition) is 11. The highest BCUT2D eigenvalue weighted by atomic mass is 32.1. The third kappa shape index (κ3) is 13.4. The highest BCUT2D eigenvalue weighted by Crippen LogP contribution is 2.31. The van der Waals surface area contributed by atoms with Crippen LogP contribution in [0.1, 0.15) is 103 Å². The highest BCUT2D eigenvalue weighted by molar-refractivity contribution is 7.13.